The first-order valence-corrected chi connectivity index (χ1v) is 5.44. The monoisotopic (exact) mass is 202 g/mol. The lowest BCUT2D eigenvalue weighted by molar-refractivity contribution is 0.0869. The van der Waals surface area contributed by atoms with Gasteiger partial charge in [-0.15, -0.1) is 0 Å². The maximum atomic E-state index is 12.1. The van der Waals surface area contributed by atoms with E-state index in [1.807, 2.05) is 37.3 Å². The molecule has 2 heteroatoms. The van der Waals surface area contributed by atoms with Crippen LogP contribution in [0.5, 0.6) is 0 Å². The summed E-state index contributed by atoms with van der Waals surface area (Å²) in [6, 6.07) is 9.54. The van der Waals surface area contributed by atoms with E-state index in [0.717, 1.165) is 25.1 Å². The van der Waals surface area contributed by atoms with Crippen LogP contribution in [-0.2, 0) is 0 Å². The average Bonchev–Trinajstić information content (AvgIpc) is 2.82. The Hall–Kier alpha value is -1.15. The number of benzene rings is 1. The molecule has 0 aromatic heterocycles. The van der Waals surface area contributed by atoms with Crippen LogP contribution in [0.15, 0.2) is 30.3 Å². The molecule has 1 saturated heterocycles. The van der Waals surface area contributed by atoms with Crippen molar-refractivity contribution in [3.05, 3.63) is 42.3 Å². The molecule has 1 unspecified atom stereocenters. The van der Waals surface area contributed by atoms with Crippen LogP contribution in [0, 0.1) is 6.42 Å². The fourth-order valence-electron chi connectivity index (χ4n) is 1.97. The molecule has 15 heavy (non-hydrogen) atoms. The van der Waals surface area contributed by atoms with E-state index in [1.165, 1.54) is 0 Å². The van der Waals surface area contributed by atoms with Crippen LogP contribution < -0.4 is 0 Å². The third-order valence-electron chi connectivity index (χ3n) is 2.97. The quantitative estimate of drug-likeness (QED) is 0.700. The minimum absolute atomic E-state index is 0.00569. The average molecular weight is 202 g/mol. The van der Waals surface area contributed by atoms with Gasteiger partial charge in [-0.3, -0.25) is 9.69 Å². The van der Waals surface area contributed by atoms with Gasteiger partial charge in [0.2, 0.25) is 0 Å². The second kappa shape index (κ2) is 4.58. The van der Waals surface area contributed by atoms with Crippen LogP contribution in [0.1, 0.15) is 23.7 Å². The SMILES string of the molecule is CC(C(=O)c1ccccc1)N1C[CH]CC1. The largest absolute Gasteiger partial charge is 0.293 e. The molecule has 0 aliphatic carbocycles. The molecule has 0 N–H and O–H groups in total. The second-order valence-corrected chi connectivity index (χ2v) is 3.98. The highest BCUT2D eigenvalue weighted by Gasteiger charge is 2.24. The Morgan fingerprint density at radius 2 is 2.07 bits per heavy atom. The van der Waals surface area contributed by atoms with Crippen molar-refractivity contribution in [2.45, 2.75) is 19.4 Å². The molecule has 1 aromatic rings. The lowest BCUT2D eigenvalue weighted by Crippen LogP contribution is -2.36. The van der Waals surface area contributed by atoms with Gasteiger partial charge in [-0.05, 0) is 26.3 Å². The zero-order chi connectivity index (χ0) is 10.7. The topological polar surface area (TPSA) is 20.3 Å². The van der Waals surface area contributed by atoms with Crippen LogP contribution in [0.4, 0.5) is 0 Å². The predicted octanol–water partition coefficient (Wildman–Crippen LogP) is 2.17. The Morgan fingerprint density at radius 3 is 2.67 bits per heavy atom. The van der Waals surface area contributed by atoms with Gasteiger partial charge in [0.05, 0.1) is 6.04 Å². The van der Waals surface area contributed by atoms with E-state index in [2.05, 4.69) is 11.3 Å². The molecule has 0 amide bonds. The standard InChI is InChI=1S/C13H16NO/c1-11(14-9-5-6-10-14)13(15)12-7-3-2-4-8-12/h2-5,7-8,11H,6,9-10H2,1H3. The van der Waals surface area contributed by atoms with Crippen LogP contribution in [-0.4, -0.2) is 29.8 Å². The summed E-state index contributed by atoms with van der Waals surface area (Å²) in [7, 11) is 0. The number of carbonyl (C=O) groups excluding carboxylic acids is 1. The summed E-state index contributed by atoms with van der Waals surface area (Å²) in [6.45, 7) is 3.95. The van der Waals surface area contributed by atoms with E-state index >= 15 is 0 Å². The van der Waals surface area contributed by atoms with Crippen molar-refractivity contribution in [2.75, 3.05) is 13.1 Å². The van der Waals surface area contributed by atoms with E-state index in [-0.39, 0.29) is 11.8 Å². The summed E-state index contributed by atoms with van der Waals surface area (Å²) >= 11 is 0. The Balaban J connectivity index is 2.07. The number of hydrogen-bond donors (Lipinski definition) is 0. The summed E-state index contributed by atoms with van der Waals surface area (Å²) in [4.78, 5) is 14.3. The molecule has 1 aliphatic heterocycles. The molecule has 1 radical (unpaired) electrons. The molecule has 1 heterocycles. The first-order chi connectivity index (χ1) is 7.29. The van der Waals surface area contributed by atoms with Gasteiger partial charge in [0.25, 0.3) is 0 Å². The lowest BCUT2D eigenvalue weighted by Gasteiger charge is -2.22. The number of hydrogen-bond acceptors (Lipinski definition) is 2. The number of likely N-dealkylation sites (tertiary alicyclic amines) is 1. The molecular formula is C13H16NO. The molecule has 79 valence electrons. The van der Waals surface area contributed by atoms with E-state index in [1.54, 1.807) is 0 Å². The normalized spacial score (nSPS) is 19.0. The van der Waals surface area contributed by atoms with Gasteiger partial charge in [-0.25, -0.2) is 0 Å². The number of Topliss-reactive ketones (excluding diaryl/α,β-unsaturated/α-hetero) is 1. The second-order valence-electron chi connectivity index (χ2n) is 3.98. The number of carbonyl (C=O) groups is 1. The Bertz CT molecular complexity index is 328. The fourth-order valence-corrected chi connectivity index (χ4v) is 1.97. The maximum absolute atomic E-state index is 12.1. The zero-order valence-corrected chi connectivity index (χ0v) is 9.02. The van der Waals surface area contributed by atoms with Crippen molar-refractivity contribution < 1.29 is 4.79 Å². The molecule has 2 rings (SSSR count). The minimum Gasteiger partial charge on any atom is -0.293 e. The first kappa shape index (κ1) is 10.4. The third kappa shape index (κ3) is 2.26. The smallest absolute Gasteiger partial charge is 0.179 e. The molecule has 0 saturated carbocycles. The molecule has 1 atom stereocenters. The van der Waals surface area contributed by atoms with E-state index in [4.69, 9.17) is 0 Å². The van der Waals surface area contributed by atoms with Crippen LogP contribution >= 0.6 is 0 Å². The van der Waals surface area contributed by atoms with Gasteiger partial charge in [0, 0.05) is 12.1 Å². The number of rotatable bonds is 3. The van der Waals surface area contributed by atoms with Crippen molar-refractivity contribution in [1.82, 2.24) is 4.90 Å². The molecule has 1 aromatic carbocycles. The number of ketones is 1. The van der Waals surface area contributed by atoms with Gasteiger partial charge in [-0.2, -0.15) is 0 Å². The van der Waals surface area contributed by atoms with Crippen molar-refractivity contribution in [2.24, 2.45) is 0 Å². The van der Waals surface area contributed by atoms with Crippen molar-refractivity contribution in [3.8, 4) is 0 Å². The zero-order valence-electron chi connectivity index (χ0n) is 9.02. The van der Waals surface area contributed by atoms with Crippen LogP contribution in [0.25, 0.3) is 0 Å². The first-order valence-electron chi connectivity index (χ1n) is 5.44. The molecule has 1 aliphatic rings. The highest BCUT2D eigenvalue weighted by molar-refractivity contribution is 5.99. The summed E-state index contributed by atoms with van der Waals surface area (Å²) in [5.74, 6) is 0.228. The third-order valence-corrected chi connectivity index (χ3v) is 2.97. The van der Waals surface area contributed by atoms with E-state index in [9.17, 15) is 4.79 Å². The molecular weight excluding hydrogens is 186 g/mol. The number of nitrogens with zero attached hydrogens (tertiary/aromatic N) is 1. The van der Waals surface area contributed by atoms with Gasteiger partial charge in [0.1, 0.15) is 0 Å². The van der Waals surface area contributed by atoms with Crippen LogP contribution in [0.3, 0.4) is 0 Å². The molecule has 0 bridgehead atoms. The molecule has 1 fully saturated rings. The van der Waals surface area contributed by atoms with Gasteiger partial charge < -0.3 is 0 Å². The van der Waals surface area contributed by atoms with Crippen LogP contribution in [0.2, 0.25) is 0 Å². The lowest BCUT2D eigenvalue weighted by atomic mass is 10.0. The van der Waals surface area contributed by atoms with Gasteiger partial charge in [-0.1, -0.05) is 30.3 Å². The minimum atomic E-state index is 0.00569. The van der Waals surface area contributed by atoms with Crippen molar-refractivity contribution >= 4 is 5.78 Å². The summed E-state index contributed by atoms with van der Waals surface area (Å²) in [5, 5.41) is 0. The Kier molecular flexibility index (Phi) is 3.17. The van der Waals surface area contributed by atoms with Gasteiger partial charge >= 0.3 is 0 Å². The highest BCUT2D eigenvalue weighted by atomic mass is 16.1. The Labute approximate surface area is 90.9 Å². The van der Waals surface area contributed by atoms with E-state index in [0.29, 0.717) is 0 Å². The van der Waals surface area contributed by atoms with Gasteiger partial charge in [0.15, 0.2) is 5.78 Å². The van der Waals surface area contributed by atoms with E-state index < -0.39 is 0 Å². The molecule has 0 spiro atoms. The van der Waals surface area contributed by atoms with Crippen molar-refractivity contribution in [1.29, 1.82) is 0 Å². The highest BCUT2D eigenvalue weighted by Crippen LogP contribution is 2.14. The Morgan fingerprint density at radius 1 is 1.33 bits per heavy atom. The summed E-state index contributed by atoms with van der Waals surface area (Å²) in [5.41, 5.74) is 0.817. The van der Waals surface area contributed by atoms with Crippen molar-refractivity contribution in [3.63, 3.8) is 0 Å². The summed E-state index contributed by atoms with van der Waals surface area (Å²) in [6.07, 6.45) is 3.33. The molecule has 2 nitrogen and oxygen atoms in total. The fraction of sp³-hybridized carbons (Fsp3) is 0.385. The summed E-state index contributed by atoms with van der Waals surface area (Å²) < 4.78 is 0. The predicted molar refractivity (Wildman–Crippen MR) is 60.7 cm³/mol. The maximum Gasteiger partial charge on any atom is 0.179 e.